The Morgan fingerprint density at radius 2 is 1.55 bits per heavy atom. The number of Topliss-reactive ketones (excluding diaryl/α,β-unsaturated/α-hetero) is 1. The molecule has 0 spiro atoms. The van der Waals surface area contributed by atoms with Crippen molar-refractivity contribution in [2.45, 2.75) is 43.5 Å². The van der Waals surface area contributed by atoms with Gasteiger partial charge in [-0.05, 0) is 73.9 Å². The Kier molecular flexibility index (Phi) is 9.70. The number of hydrogen-bond donors (Lipinski definition) is 1. The molecular formula is C37H33N3O5S2. The van der Waals surface area contributed by atoms with Gasteiger partial charge in [0.25, 0.3) is 5.78 Å². The molecule has 0 aliphatic carbocycles. The van der Waals surface area contributed by atoms with Gasteiger partial charge in [-0.1, -0.05) is 94.9 Å². The van der Waals surface area contributed by atoms with Gasteiger partial charge in [-0.15, -0.1) is 10.2 Å². The first-order chi connectivity index (χ1) is 22.8. The summed E-state index contributed by atoms with van der Waals surface area (Å²) in [5.74, 6) is 0.0745. The number of anilines is 1. The SMILES string of the molecule is CCOc1ccc(C2/C(=C(\O)c3ccc(OCc4cccc(C)c4)cc3)C(=O)C(=O)N2c2nnc(SCc3ccc(C)cc3)s2)cc1. The molecule has 1 unspecified atom stereocenters. The maximum Gasteiger partial charge on any atom is 0.301 e. The van der Waals surface area contributed by atoms with Gasteiger partial charge in [-0.25, -0.2) is 0 Å². The Bertz CT molecular complexity index is 1920. The first-order valence-electron chi connectivity index (χ1n) is 15.1. The van der Waals surface area contributed by atoms with Crippen molar-refractivity contribution < 1.29 is 24.2 Å². The molecule has 5 aromatic rings. The summed E-state index contributed by atoms with van der Waals surface area (Å²) in [6.45, 7) is 6.85. The molecule has 0 bridgehead atoms. The van der Waals surface area contributed by atoms with Crippen LogP contribution >= 0.6 is 23.1 Å². The smallest absolute Gasteiger partial charge is 0.301 e. The molecule has 6 rings (SSSR count). The average molecular weight is 664 g/mol. The zero-order chi connectivity index (χ0) is 32.9. The van der Waals surface area contributed by atoms with Crippen LogP contribution in [0, 0.1) is 13.8 Å². The molecule has 2 heterocycles. The monoisotopic (exact) mass is 663 g/mol. The van der Waals surface area contributed by atoms with Gasteiger partial charge in [0.05, 0.1) is 18.2 Å². The largest absolute Gasteiger partial charge is 0.507 e. The molecule has 1 saturated heterocycles. The minimum atomic E-state index is -0.925. The Morgan fingerprint density at radius 1 is 0.851 bits per heavy atom. The van der Waals surface area contributed by atoms with Gasteiger partial charge in [0, 0.05) is 11.3 Å². The molecule has 1 N–H and O–H groups in total. The van der Waals surface area contributed by atoms with Crippen LogP contribution in [0.25, 0.3) is 5.76 Å². The summed E-state index contributed by atoms with van der Waals surface area (Å²) in [4.78, 5) is 28.6. The Morgan fingerprint density at radius 3 is 2.26 bits per heavy atom. The summed E-state index contributed by atoms with van der Waals surface area (Å²) >= 11 is 2.74. The van der Waals surface area contributed by atoms with Gasteiger partial charge in [0.2, 0.25) is 5.13 Å². The minimum absolute atomic E-state index is 0.0309. The van der Waals surface area contributed by atoms with E-state index in [0.717, 1.165) is 16.7 Å². The molecule has 1 fully saturated rings. The molecule has 4 aromatic carbocycles. The van der Waals surface area contributed by atoms with E-state index >= 15 is 0 Å². The molecule has 8 nitrogen and oxygen atoms in total. The predicted octanol–water partition coefficient (Wildman–Crippen LogP) is 8.05. The van der Waals surface area contributed by atoms with E-state index < -0.39 is 17.7 Å². The Labute approximate surface area is 281 Å². The van der Waals surface area contributed by atoms with E-state index in [1.165, 1.54) is 33.6 Å². The van der Waals surface area contributed by atoms with E-state index in [1.54, 1.807) is 48.5 Å². The fourth-order valence-corrected chi connectivity index (χ4v) is 7.10. The van der Waals surface area contributed by atoms with Crippen LogP contribution in [0.4, 0.5) is 5.13 Å². The van der Waals surface area contributed by atoms with Crippen LogP contribution in [0.5, 0.6) is 11.5 Å². The highest BCUT2D eigenvalue weighted by molar-refractivity contribution is 8.00. The van der Waals surface area contributed by atoms with Crippen molar-refractivity contribution in [2.24, 2.45) is 0 Å². The van der Waals surface area contributed by atoms with E-state index in [-0.39, 0.29) is 16.5 Å². The number of hydrogen-bond acceptors (Lipinski definition) is 9. The molecule has 238 valence electrons. The molecule has 47 heavy (non-hydrogen) atoms. The summed E-state index contributed by atoms with van der Waals surface area (Å²) in [5.41, 5.74) is 5.49. The number of benzene rings is 4. The van der Waals surface area contributed by atoms with Gasteiger partial charge in [-0.2, -0.15) is 0 Å². The van der Waals surface area contributed by atoms with E-state index in [2.05, 4.69) is 40.5 Å². The molecule has 1 aliphatic rings. The first kappa shape index (κ1) is 32.0. The van der Waals surface area contributed by atoms with Crippen LogP contribution in [-0.4, -0.2) is 33.6 Å². The number of rotatable bonds is 11. The van der Waals surface area contributed by atoms with Crippen molar-refractivity contribution in [3.63, 3.8) is 0 Å². The molecule has 1 aliphatic heterocycles. The lowest BCUT2D eigenvalue weighted by Crippen LogP contribution is -2.29. The van der Waals surface area contributed by atoms with Crippen molar-refractivity contribution >= 4 is 45.7 Å². The molecule has 0 radical (unpaired) electrons. The molecule has 1 amide bonds. The summed E-state index contributed by atoms with van der Waals surface area (Å²) in [7, 11) is 0. The van der Waals surface area contributed by atoms with Gasteiger partial charge in [0.15, 0.2) is 4.34 Å². The quantitative estimate of drug-likeness (QED) is 0.0498. The van der Waals surface area contributed by atoms with E-state index in [4.69, 9.17) is 9.47 Å². The van der Waals surface area contributed by atoms with Crippen LogP contribution in [0.3, 0.4) is 0 Å². The predicted molar refractivity (Wildman–Crippen MR) is 185 cm³/mol. The zero-order valence-electron chi connectivity index (χ0n) is 26.2. The number of nitrogens with zero attached hydrogens (tertiary/aromatic N) is 3. The minimum Gasteiger partial charge on any atom is -0.507 e. The highest BCUT2D eigenvalue weighted by Crippen LogP contribution is 2.44. The van der Waals surface area contributed by atoms with Crippen molar-refractivity contribution in [3.05, 3.63) is 136 Å². The Balaban J connectivity index is 1.30. The number of aromatic nitrogens is 2. The Hall–Kier alpha value is -4.93. The van der Waals surface area contributed by atoms with Crippen LogP contribution in [-0.2, 0) is 21.9 Å². The topological polar surface area (TPSA) is 102 Å². The second-order valence-electron chi connectivity index (χ2n) is 11.1. The number of amides is 1. The van der Waals surface area contributed by atoms with Crippen LogP contribution < -0.4 is 14.4 Å². The number of ether oxygens (including phenoxy) is 2. The maximum absolute atomic E-state index is 13.6. The third-order valence-corrected chi connectivity index (χ3v) is 9.78. The third-order valence-electron chi connectivity index (χ3n) is 7.65. The van der Waals surface area contributed by atoms with E-state index in [9.17, 15) is 14.7 Å². The van der Waals surface area contributed by atoms with Gasteiger partial charge in [0.1, 0.15) is 23.9 Å². The fraction of sp³-hybridized carbons (Fsp3) is 0.189. The highest BCUT2D eigenvalue weighted by Gasteiger charge is 2.48. The number of carbonyl (C=O) groups is 2. The van der Waals surface area contributed by atoms with Crippen molar-refractivity contribution in [1.82, 2.24) is 10.2 Å². The standard InChI is InChI=1S/C37H33N3O5S2/c1-4-44-29-16-12-27(13-17-29)32-31(33(41)28-14-18-30(19-15-28)45-21-26-7-5-6-24(3)20-26)34(42)35(43)40(32)36-38-39-37(47-36)46-22-25-10-8-23(2)9-11-25/h5-20,32,41H,4,21-22H2,1-3H3/b33-31+. The molecule has 10 heteroatoms. The summed E-state index contributed by atoms with van der Waals surface area (Å²) in [5, 5.41) is 20.5. The third kappa shape index (κ3) is 7.24. The summed E-state index contributed by atoms with van der Waals surface area (Å²) < 4.78 is 12.2. The fourth-order valence-electron chi connectivity index (χ4n) is 5.28. The van der Waals surface area contributed by atoms with Crippen LogP contribution in [0.15, 0.2) is 107 Å². The maximum atomic E-state index is 13.6. The number of thioether (sulfide) groups is 1. The average Bonchev–Trinajstić information content (AvgIpc) is 3.65. The number of carbonyl (C=O) groups excluding carboxylic acids is 2. The van der Waals surface area contributed by atoms with Crippen LogP contribution in [0.2, 0.25) is 0 Å². The molecule has 0 saturated carbocycles. The lowest BCUT2D eigenvalue weighted by molar-refractivity contribution is -0.132. The number of ketones is 1. The summed E-state index contributed by atoms with van der Waals surface area (Å²) in [6, 6.07) is 29.3. The van der Waals surface area contributed by atoms with Crippen molar-refractivity contribution in [3.8, 4) is 11.5 Å². The van der Waals surface area contributed by atoms with Gasteiger partial charge >= 0.3 is 5.91 Å². The number of aryl methyl sites for hydroxylation is 2. The molecule has 1 atom stereocenters. The highest BCUT2D eigenvalue weighted by atomic mass is 32.2. The first-order valence-corrected chi connectivity index (χ1v) is 17.0. The van der Waals surface area contributed by atoms with Gasteiger partial charge in [-0.3, -0.25) is 14.5 Å². The summed E-state index contributed by atoms with van der Waals surface area (Å²) in [6.07, 6.45) is 0. The lowest BCUT2D eigenvalue weighted by Gasteiger charge is -2.22. The molecular weight excluding hydrogens is 631 g/mol. The number of aliphatic hydroxyl groups is 1. The molecule has 1 aromatic heterocycles. The second kappa shape index (κ2) is 14.2. The number of aliphatic hydroxyl groups excluding tert-OH is 1. The second-order valence-corrected chi connectivity index (χ2v) is 13.3. The zero-order valence-corrected chi connectivity index (χ0v) is 27.8. The lowest BCUT2D eigenvalue weighted by atomic mass is 9.95. The van der Waals surface area contributed by atoms with Crippen molar-refractivity contribution in [1.29, 1.82) is 0 Å². The van der Waals surface area contributed by atoms with Crippen LogP contribution in [0.1, 0.15) is 46.3 Å². The van der Waals surface area contributed by atoms with E-state index in [0.29, 0.717) is 45.9 Å². The van der Waals surface area contributed by atoms with Crippen molar-refractivity contribution in [2.75, 3.05) is 11.5 Å². The normalized spacial score (nSPS) is 15.6. The van der Waals surface area contributed by atoms with E-state index in [1.807, 2.05) is 39.0 Å². The van der Waals surface area contributed by atoms with Gasteiger partial charge < -0.3 is 14.6 Å².